The van der Waals surface area contributed by atoms with Crippen LogP contribution in [0.4, 0.5) is 5.82 Å². The smallest absolute Gasteiger partial charge is 0.225 e. The summed E-state index contributed by atoms with van der Waals surface area (Å²) in [7, 11) is 0. The Morgan fingerprint density at radius 1 is 1.22 bits per heavy atom. The molecular weight excluding hydrogens is 330 g/mol. The van der Waals surface area contributed by atoms with E-state index in [0.717, 1.165) is 33.7 Å². The number of hydrogen-bond acceptors (Lipinski definition) is 5. The Bertz CT molecular complexity index is 817. The first-order valence-electron chi connectivity index (χ1n) is 7.51. The maximum Gasteiger partial charge on any atom is 0.225 e. The van der Waals surface area contributed by atoms with Crippen molar-refractivity contribution in [1.29, 1.82) is 0 Å². The van der Waals surface area contributed by atoms with Crippen molar-refractivity contribution in [2.24, 2.45) is 0 Å². The van der Waals surface area contributed by atoms with E-state index >= 15 is 0 Å². The first-order chi connectivity index (χ1) is 11.1. The number of halogens is 1. The Labute approximate surface area is 144 Å². The van der Waals surface area contributed by atoms with Crippen LogP contribution in [-0.4, -0.2) is 34.8 Å². The zero-order valence-corrected chi connectivity index (χ0v) is 14.7. The largest absolute Gasteiger partial charge is 0.395 e. The number of likely N-dealkylation sites (N-methyl/N-ethyl adjacent to an activating group) is 1. The SMILES string of the molecule is CCN(CCO)c1nc(Cl)nc2scc(-c3ccc(C)cc3)c12. The van der Waals surface area contributed by atoms with Gasteiger partial charge in [0.25, 0.3) is 0 Å². The molecule has 1 N–H and O–H groups in total. The molecule has 4 nitrogen and oxygen atoms in total. The Morgan fingerprint density at radius 3 is 2.61 bits per heavy atom. The number of fused-ring (bicyclic) bond motifs is 1. The van der Waals surface area contributed by atoms with Crippen LogP contribution >= 0.6 is 22.9 Å². The van der Waals surface area contributed by atoms with Crippen LogP contribution in [0.5, 0.6) is 0 Å². The molecule has 0 bridgehead atoms. The summed E-state index contributed by atoms with van der Waals surface area (Å²) in [5.41, 5.74) is 3.46. The van der Waals surface area contributed by atoms with E-state index in [1.807, 2.05) is 11.8 Å². The predicted octanol–water partition coefficient (Wildman–Crippen LogP) is 4.14. The number of benzene rings is 1. The first kappa shape index (κ1) is 16.2. The van der Waals surface area contributed by atoms with Crippen LogP contribution in [0.15, 0.2) is 29.6 Å². The van der Waals surface area contributed by atoms with Crippen molar-refractivity contribution in [3.05, 3.63) is 40.5 Å². The molecule has 0 saturated heterocycles. The summed E-state index contributed by atoms with van der Waals surface area (Å²) in [6.45, 7) is 5.44. The quantitative estimate of drug-likeness (QED) is 0.705. The summed E-state index contributed by atoms with van der Waals surface area (Å²) in [5.74, 6) is 0.786. The summed E-state index contributed by atoms with van der Waals surface area (Å²) in [4.78, 5) is 11.7. The third kappa shape index (κ3) is 3.17. The van der Waals surface area contributed by atoms with Crippen molar-refractivity contribution in [2.75, 3.05) is 24.6 Å². The van der Waals surface area contributed by atoms with Crippen molar-refractivity contribution in [3.8, 4) is 11.1 Å². The van der Waals surface area contributed by atoms with E-state index in [4.69, 9.17) is 11.6 Å². The molecule has 0 radical (unpaired) electrons. The van der Waals surface area contributed by atoms with Crippen molar-refractivity contribution in [2.45, 2.75) is 13.8 Å². The summed E-state index contributed by atoms with van der Waals surface area (Å²) in [6.07, 6.45) is 0. The van der Waals surface area contributed by atoms with E-state index in [0.29, 0.717) is 6.54 Å². The molecule has 2 aromatic heterocycles. The van der Waals surface area contributed by atoms with Gasteiger partial charge in [0.15, 0.2) is 0 Å². The van der Waals surface area contributed by atoms with E-state index in [1.54, 1.807) is 11.3 Å². The average Bonchev–Trinajstić information content (AvgIpc) is 2.96. The van der Waals surface area contributed by atoms with Gasteiger partial charge in [0, 0.05) is 24.0 Å². The zero-order chi connectivity index (χ0) is 16.4. The highest BCUT2D eigenvalue weighted by Gasteiger charge is 2.18. The maximum absolute atomic E-state index is 9.32. The number of hydrogen-bond donors (Lipinski definition) is 1. The number of rotatable bonds is 5. The van der Waals surface area contributed by atoms with Crippen LogP contribution in [0.25, 0.3) is 21.3 Å². The van der Waals surface area contributed by atoms with Crippen molar-refractivity contribution < 1.29 is 5.11 Å². The second-order valence-corrected chi connectivity index (χ2v) is 6.51. The van der Waals surface area contributed by atoms with Gasteiger partial charge in [-0.05, 0) is 31.0 Å². The van der Waals surface area contributed by atoms with Crippen LogP contribution in [0, 0.1) is 6.92 Å². The van der Waals surface area contributed by atoms with Crippen molar-refractivity contribution >= 4 is 39.0 Å². The van der Waals surface area contributed by atoms with E-state index in [-0.39, 0.29) is 11.9 Å². The average molecular weight is 348 g/mol. The Kier molecular flexibility index (Phi) is 4.80. The van der Waals surface area contributed by atoms with E-state index < -0.39 is 0 Å². The number of thiophene rings is 1. The molecule has 120 valence electrons. The molecule has 0 spiro atoms. The van der Waals surface area contributed by atoms with E-state index in [1.165, 1.54) is 5.56 Å². The van der Waals surface area contributed by atoms with Crippen LogP contribution in [0.3, 0.4) is 0 Å². The number of aliphatic hydroxyl groups is 1. The molecule has 23 heavy (non-hydrogen) atoms. The third-order valence-electron chi connectivity index (χ3n) is 3.80. The molecule has 0 aliphatic rings. The summed E-state index contributed by atoms with van der Waals surface area (Å²) < 4.78 is 0. The number of anilines is 1. The van der Waals surface area contributed by atoms with Crippen molar-refractivity contribution in [1.82, 2.24) is 9.97 Å². The molecule has 6 heteroatoms. The Morgan fingerprint density at radius 2 is 1.96 bits per heavy atom. The zero-order valence-electron chi connectivity index (χ0n) is 13.1. The highest BCUT2D eigenvalue weighted by molar-refractivity contribution is 7.17. The highest BCUT2D eigenvalue weighted by Crippen LogP contribution is 2.38. The number of aromatic nitrogens is 2. The fourth-order valence-corrected chi connectivity index (χ4v) is 3.76. The molecule has 0 atom stereocenters. The van der Waals surface area contributed by atoms with E-state index in [2.05, 4.69) is 46.5 Å². The van der Waals surface area contributed by atoms with Gasteiger partial charge >= 0.3 is 0 Å². The standard InChI is InChI=1S/C17H18ClN3OS/c1-3-21(8-9-22)15-14-13(12-6-4-11(2)5-7-12)10-23-16(14)20-17(18)19-15/h4-7,10,22H,3,8-9H2,1-2H3. The number of aryl methyl sites for hydroxylation is 1. The van der Waals surface area contributed by atoms with Gasteiger partial charge in [0.05, 0.1) is 12.0 Å². The summed E-state index contributed by atoms with van der Waals surface area (Å²) >= 11 is 7.66. The van der Waals surface area contributed by atoms with Gasteiger partial charge in [-0.15, -0.1) is 11.3 Å². The predicted molar refractivity (Wildman–Crippen MR) is 97.6 cm³/mol. The van der Waals surface area contributed by atoms with E-state index in [9.17, 15) is 5.11 Å². The molecule has 2 heterocycles. The minimum absolute atomic E-state index is 0.0704. The minimum atomic E-state index is 0.0704. The van der Waals surface area contributed by atoms with Crippen LogP contribution in [0.1, 0.15) is 12.5 Å². The molecule has 3 rings (SSSR count). The van der Waals surface area contributed by atoms with Gasteiger partial charge in [-0.2, -0.15) is 4.98 Å². The van der Waals surface area contributed by atoms with Crippen LogP contribution in [-0.2, 0) is 0 Å². The molecule has 3 aromatic rings. The monoisotopic (exact) mass is 347 g/mol. The summed E-state index contributed by atoms with van der Waals surface area (Å²) in [6, 6.07) is 8.41. The molecule has 0 aliphatic heterocycles. The van der Waals surface area contributed by atoms with Gasteiger partial charge in [-0.25, -0.2) is 4.98 Å². The van der Waals surface area contributed by atoms with Gasteiger partial charge < -0.3 is 10.0 Å². The lowest BCUT2D eigenvalue weighted by atomic mass is 10.0. The molecular formula is C17H18ClN3OS. The second kappa shape index (κ2) is 6.83. The normalized spacial score (nSPS) is 11.1. The van der Waals surface area contributed by atoms with Crippen LogP contribution < -0.4 is 4.90 Å². The fraction of sp³-hybridized carbons (Fsp3) is 0.294. The summed E-state index contributed by atoms with van der Waals surface area (Å²) in [5, 5.41) is 12.7. The lowest BCUT2D eigenvalue weighted by Gasteiger charge is -2.22. The Hall–Kier alpha value is -1.69. The molecule has 0 unspecified atom stereocenters. The van der Waals surface area contributed by atoms with Gasteiger partial charge in [-0.1, -0.05) is 29.8 Å². The van der Waals surface area contributed by atoms with Gasteiger partial charge in [-0.3, -0.25) is 0 Å². The molecule has 0 amide bonds. The first-order valence-corrected chi connectivity index (χ1v) is 8.77. The number of aliphatic hydroxyl groups excluding tert-OH is 1. The fourth-order valence-electron chi connectivity index (χ4n) is 2.61. The second-order valence-electron chi connectivity index (χ2n) is 5.32. The molecule has 0 fully saturated rings. The molecule has 1 aromatic carbocycles. The van der Waals surface area contributed by atoms with Gasteiger partial charge in [0.2, 0.25) is 5.28 Å². The maximum atomic E-state index is 9.32. The molecule has 0 aliphatic carbocycles. The third-order valence-corrected chi connectivity index (χ3v) is 4.84. The van der Waals surface area contributed by atoms with Gasteiger partial charge in [0.1, 0.15) is 10.6 Å². The molecule has 0 saturated carbocycles. The van der Waals surface area contributed by atoms with Crippen LogP contribution in [0.2, 0.25) is 5.28 Å². The lowest BCUT2D eigenvalue weighted by Crippen LogP contribution is -2.27. The topological polar surface area (TPSA) is 49.2 Å². The minimum Gasteiger partial charge on any atom is -0.395 e. The Balaban J connectivity index is 2.22. The lowest BCUT2D eigenvalue weighted by molar-refractivity contribution is 0.302. The highest BCUT2D eigenvalue weighted by atomic mass is 35.5. The van der Waals surface area contributed by atoms with Crippen molar-refractivity contribution in [3.63, 3.8) is 0 Å². The number of nitrogens with zero attached hydrogens (tertiary/aromatic N) is 3.